The van der Waals surface area contributed by atoms with Crippen LogP contribution in [0, 0.1) is 0 Å². The molecule has 2 atom stereocenters. The first-order chi connectivity index (χ1) is 17.3. The number of benzene rings is 2. The van der Waals surface area contributed by atoms with Gasteiger partial charge in [-0.25, -0.2) is 4.99 Å². The third kappa shape index (κ3) is 6.65. The molecule has 0 aliphatic carbocycles. The molecule has 0 aromatic heterocycles. The highest BCUT2D eigenvalue weighted by molar-refractivity contribution is 8.15. The molecule has 0 saturated carbocycles. The van der Waals surface area contributed by atoms with Crippen molar-refractivity contribution < 1.29 is 32.6 Å². The van der Waals surface area contributed by atoms with Gasteiger partial charge in [-0.05, 0) is 55.3 Å². The summed E-state index contributed by atoms with van der Waals surface area (Å²) in [4.78, 5) is 32.0. The lowest BCUT2D eigenvalue weighted by Crippen LogP contribution is -2.38. The highest BCUT2D eigenvalue weighted by atomic mass is 35.5. The van der Waals surface area contributed by atoms with Crippen LogP contribution in [0.15, 0.2) is 47.5 Å². The molecule has 2 saturated heterocycles. The van der Waals surface area contributed by atoms with Gasteiger partial charge in [0, 0.05) is 18.7 Å². The fourth-order valence-electron chi connectivity index (χ4n) is 3.82. The van der Waals surface area contributed by atoms with Crippen molar-refractivity contribution in [3.63, 3.8) is 0 Å². The van der Waals surface area contributed by atoms with Crippen molar-refractivity contribution >= 4 is 51.7 Å². The van der Waals surface area contributed by atoms with Crippen molar-refractivity contribution in [2.75, 3.05) is 25.6 Å². The molecule has 2 aromatic rings. The Morgan fingerprint density at radius 1 is 1.31 bits per heavy atom. The minimum absolute atomic E-state index is 0.00787. The molecule has 2 aromatic carbocycles. The Morgan fingerprint density at radius 3 is 2.72 bits per heavy atom. The molecule has 0 radical (unpaired) electrons. The van der Waals surface area contributed by atoms with Gasteiger partial charge in [-0.3, -0.25) is 14.5 Å². The van der Waals surface area contributed by atoms with E-state index in [4.69, 9.17) is 21.1 Å². The number of carbonyl (C=O) groups excluding carboxylic acids is 2. The smallest absolute Gasteiger partial charge is 0.387 e. The van der Waals surface area contributed by atoms with Crippen LogP contribution in [-0.4, -0.2) is 60.1 Å². The Morgan fingerprint density at radius 2 is 2.08 bits per heavy atom. The quantitative estimate of drug-likeness (QED) is 0.477. The first kappa shape index (κ1) is 26.2. The summed E-state index contributed by atoms with van der Waals surface area (Å²) in [5.41, 5.74) is 0.944. The second kappa shape index (κ2) is 11.9. The predicted octanol–water partition coefficient (Wildman–Crippen LogP) is 5.09. The Kier molecular flexibility index (Phi) is 8.65. The fourth-order valence-corrected chi connectivity index (χ4v) is 5.25. The van der Waals surface area contributed by atoms with Gasteiger partial charge in [0.05, 0.1) is 30.5 Å². The van der Waals surface area contributed by atoms with Gasteiger partial charge in [0.1, 0.15) is 16.7 Å². The van der Waals surface area contributed by atoms with E-state index < -0.39 is 11.9 Å². The summed E-state index contributed by atoms with van der Waals surface area (Å²) < 4.78 is 40.0. The number of halogens is 3. The Labute approximate surface area is 215 Å². The van der Waals surface area contributed by atoms with Crippen molar-refractivity contribution in [3.05, 3.63) is 47.5 Å². The molecule has 2 heterocycles. The van der Waals surface area contributed by atoms with Crippen LogP contribution in [0.2, 0.25) is 5.02 Å². The van der Waals surface area contributed by atoms with E-state index in [1.807, 2.05) is 0 Å². The molecule has 2 fully saturated rings. The van der Waals surface area contributed by atoms with Crippen molar-refractivity contribution in [2.24, 2.45) is 4.99 Å². The first-order valence-corrected chi connectivity index (χ1v) is 12.4. The van der Waals surface area contributed by atoms with Gasteiger partial charge < -0.3 is 19.5 Å². The normalized spacial score (nSPS) is 20.9. The van der Waals surface area contributed by atoms with Crippen LogP contribution >= 0.6 is 23.4 Å². The van der Waals surface area contributed by atoms with Crippen LogP contribution in [0.5, 0.6) is 11.5 Å². The number of anilines is 1. The van der Waals surface area contributed by atoms with Gasteiger partial charge >= 0.3 is 6.61 Å². The third-order valence-corrected chi connectivity index (χ3v) is 6.99. The zero-order valence-electron chi connectivity index (χ0n) is 19.3. The summed E-state index contributed by atoms with van der Waals surface area (Å²) in [6.07, 6.45) is 1.55. The van der Waals surface area contributed by atoms with Crippen molar-refractivity contribution in [3.8, 4) is 11.5 Å². The van der Waals surface area contributed by atoms with Crippen molar-refractivity contribution in [1.29, 1.82) is 0 Å². The summed E-state index contributed by atoms with van der Waals surface area (Å²) in [5, 5.41) is 2.84. The summed E-state index contributed by atoms with van der Waals surface area (Å²) in [6.45, 7) is -1.97. The maximum atomic E-state index is 13.2. The molecule has 8 nitrogen and oxygen atoms in total. The molecule has 4 rings (SSSR count). The monoisotopic (exact) mass is 539 g/mol. The Bertz CT molecular complexity index is 1130. The number of thioether (sulfide) groups is 1. The van der Waals surface area contributed by atoms with Crippen LogP contribution in [0.25, 0.3) is 0 Å². The third-order valence-electron chi connectivity index (χ3n) is 5.52. The molecule has 0 bridgehead atoms. The highest BCUT2D eigenvalue weighted by Gasteiger charge is 2.40. The zero-order valence-corrected chi connectivity index (χ0v) is 20.9. The van der Waals surface area contributed by atoms with E-state index in [-0.39, 0.29) is 30.1 Å². The molecule has 192 valence electrons. The summed E-state index contributed by atoms with van der Waals surface area (Å²) >= 11 is 7.30. The number of alkyl halides is 2. The molecule has 36 heavy (non-hydrogen) atoms. The van der Waals surface area contributed by atoms with Gasteiger partial charge in [0.15, 0.2) is 5.17 Å². The number of aliphatic imine (C=N–C) groups is 1. The summed E-state index contributed by atoms with van der Waals surface area (Å²) in [5.74, 6) is -0.104. The minimum Gasteiger partial charge on any atom is -0.495 e. The largest absolute Gasteiger partial charge is 0.495 e. The van der Waals surface area contributed by atoms with Gasteiger partial charge in [-0.1, -0.05) is 23.4 Å². The van der Waals surface area contributed by atoms with E-state index in [2.05, 4.69) is 15.0 Å². The molecule has 0 unspecified atom stereocenters. The van der Waals surface area contributed by atoms with Gasteiger partial charge in [0.2, 0.25) is 11.8 Å². The lowest BCUT2D eigenvalue weighted by molar-refractivity contribution is -0.129. The summed E-state index contributed by atoms with van der Waals surface area (Å²) in [7, 11) is 1.50. The number of rotatable bonds is 9. The molecule has 2 aliphatic rings. The molecule has 1 N–H and O–H groups in total. The molecular formula is C24H24ClF2N3O5S. The SMILES string of the molecule is COc1ccc(NC(=O)C[C@@H]2SC(=Nc3ccc(OC(F)F)cc3)N(C[C@@H]3CCCO3)C2=O)cc1Cl. The van der Waals surface area contributed by atoms with Crippen LogP contribution in [0.3, 0.4) is 0 Å². The average molecular weight is 540 g/mol. The fraction of sp³-hybridized carbons (Fsp3) is 0.375. The second-order valence-corrected chi connectivity index (χ2v) is 9.64. The molecule has 2 aliphatic heterocycles. The Hall–Kier alpha value is -2.89. The second-order valence-electron chi connectivity index (χ2n) is 8.06. The molecule has 0 spiro atoms. The number of amides is 2. The number of methoxy groups -OCH3 is 1. The van der Waals surface area contributed by atoms with Crippen LogP contribution in [-0.2, 0) is 14.3 Å². The lowest BCUT2D eigenvalue weighted by Gasteiger charge is -2.20. The van der Waals surface area contributed by atoms with E-state index >= 15 is 0 Å². The Balaban J connectivity index is 1.47. The minimum atomic E-state index is -2.92. The molecule has 12 heteroatoms. The molecule has 2 amide bonds. The maximum absolute atomic E-state index is 13.2. The number of nitrogens with one attached hydrogen (secondary N) is 1. The zero-order chi connectivity index (χ0) is 25.7. The van der Waals surface area contributed by atoms with E-state index in [9.17, 15) is 18.4 Å². The van der Waals surface area contributed by atoms with Crippen molar-refractivity contribution in [1.82, 2.24) is 4.90 Å². The first-order valence-electron chi connectivity index (χ1n) is 11.2. The topological polar surface area (TPSA) is 89.5 Å². The predicted molar refractivity (Wildman–Crippen MR) is 133 cm³/mol. The maximum Gasteiger partial charge on any atom is 0.387 e. The standard InChI is InChI=1S/C24H24ClF2N3O5S/c1-33-19-9-6-15(11-18(19)25)28-21(31)12-20-22(32)30(13-17-3-2-10-34-17)24(36-20)29-14-4-7-16(8-5-14)35-23(26)27/h4-9,11,17,20,23H,2-3,10,12-13H2,1H3,(H,28,31)/t17-,20-/m0/s1. The molecular weight excluding hydrogens is 516 g/mol. The van der Waals surface area contributed by atoms with E-state index in [1.54, 1.807) is 18.2 Å². The van der Waals surface area contributed by atoms with Crippen LogP contribution < -0.4 is 14.8 Å². The van der Waals surface area contributed by atoms with E-state index in [0.717, 1.165) is 12.8 Å². The van der Waals surface area contributed by atoms with Crippen molar-refractivity contribution in [2.45, 2.75) is 37.2 Å². The lowest BCUT2D eigenvalue weighted by atomic mass is 10.2. The number of nitrogens with zero attached hydrogens (tertiary/aromatic N) is 2. The number of hydrogen-bond acceptors (Lipinski definition) is 7. The van der Waals surface area contributed by atoms with E-state index in [1.165, 1.54) is 48.0 Å². The highest BCUT2D eigenvalue weighted by Crippen LogP contribution is 2.34. The van der Waals surface area contributed by atoms with Crippen LogP contribution in [0.1, 0.15) is 19.3 Å². The van der Waals surface area contributed by atoms with Crippen LogP contribution in [0.4, 0.5) is 20.2 Å². The summed E-state index contributed by atoms with van der Waals surface area (Å²) in [6, 6.07) is 10.7. The number of carbonyl (C=O) groups is 2. The number of hydrogen-bond donors (Lipinski definition) is 1. The number of ether oxygens (including phenoxy) is 3. The van der Waals surface area contributed by atoms with Gasteiger partial charge in [-0.2, -0.15) is 8.78 Å². The number of amidine groups is 1. The van der Waals surface area contributed by atoms with Gasteiger partial charge in [-0.15, -0.1) is 0 Å². The average Bonchev–Trinajstić information content (AvgIpc) is 3.44. The van der Waals surface area contributed by atoms with Gasteiger partial charge in [0.25, 0.3) is 0 Å². The van der Waals surface area contributed by atoms with E-state index in [0.29, 0.717) is 40.5 Å².